The van der Waals surface area contributed by atoms with Gasteiger partial charge < -0.3 is 0 Å². The van der Waals surface area contributed by atoms with E-state index in [0.29, 0.717) is 16.9 Å². The zero-order chi connectivity index (χ0) is 14.5. The first-order chi connectivity index (χ1) is 9.60. The van der Waals surface area contributed by atoms with Crippen LogP contribution in [0, 0.1) is 11.6 Å². The van der Waals surface area contributed by atoms with Gasteiger partial charge >= 0.3 is 0 Å². The van der Waals surface area contributed by atoms with Crippen LogP contribution in [0.2, 0.25) is 0 Å². The molecule has 2 rings (SSSR count). The third-order valence-electron chi connectivity index (χ3n) is 2.65. The number of carbonyl (C=O) groups is 1. The van der Waals surface area contributed by atoms with Crippen molar-refractivity contribution in [3.8, 4) is 0 Å². The maximum absolute atomic E-state index is 13.7. The van der Waals surface area contributed by atoms with Gasteiger partial charge in [0.2, 0.25) is 0 Å². The average Bonchev–Trinajstić information content (AvgIpc) is 2.47. The highest BCUT2D eigenvalue weighted by atomic mass is 32.2. The summed E-state index contributed by atoms with van der Waals surface area (Å²) < 4.78 is 26.4. The molecule has 0 aliphatic carbocycles. The highest BCUT2D eigenvalue weighted by Crippen LogP contribution is 2.24. The molecule has 0 aliphatic rings. The maximum Gasteiger partial charge on any atom is 0.265 e. The van der Waals surface area contributed by atoms with Gasteiger partial charge in [0.05, 0.1) is 0 Å². The van der Waals surface area contributed by atoms with E-state index in [4.69, 9.17) is 5.84 Å². The molecule has 0 unspecified atom stereocenters. The van der Waals surface area contributed by atoms with Crippen LogP contribution in [0.3, 0.4) is 0 Å². The number of carbonyl (C=O) groups excluding carboxylic acids is 1. The van der Waals surface area contributed by atoms with Crippen LogP contribution in [0.15, 0.2) is 47.4 Å². The van der Waals surface area contributed by atoms with Crippen molar-refractivity contribution >= 4 is 17.7 Å². The van der Waals surface area contributed by atoms with Crippen molar-refractivity contribution in [3.05, 3.63) is 65.2 Å². The molecule has 104 valence electrons. The smallest absolute Gasteiger partial charge is 0.265 e. The van der Waals surface area contributed by atoms with E-state index >= 15 is 0 Å². The van der Waals surface area contributed by atoms with E-state index in [-0.39, 0.29) is 5.82 Å². The molecule has 20 heavy (non-hydrogen) atoms. The molecule has 2 aromatic rings. The first-order valence-electron chi connectivity index (χ1n) is 5.78. The zero-order valence-corrected chi connectivity index (χ0v) is 11.2. The lowest BCUT2D eigenvalue weighted by Crippen LogP contribution is -2.30. The fourth-order valence-electron chi connectivity index (χ4n) is 1.60. The van der Waals surface area contributed by atoms with Gasteiger partial charge in [0, 0.05) is 16.2 Å². The minimum absolute atomic E-state index is 0.295. The van der Waals surface area contributed by atoms with Gasteiger partial charge in [0.15, 0.2) is 0 Å². The lowest BCUT2D eigenvalue weighted by Gasteiger charge is -2.06. The summed E-state index contributed by atoms with van der Waals surface area (Å²) in [5.41, 5.74) is 2.68. The second kappa shape index (κ2) is 6.49. The number of benzene rings is 2. The third kappa shape index (κ3) is 3.55. The van der Waals surface area contributed by atoms with Crippen molar-refractivity contribution in [1.29, 1.82) is 0 Å². The standard InChI is InChI=1S/C14H12F2N2OS/c15-11-2-4-12(5-3-11)20-8-10-7-9(14(19)18-17)1-6-13(10)16/h1-7H,8,17H2,(H,18,19). The van der Waals surface area contributed by atoms with Crippen molar-refractivity contribution in [2.75, 3.05) is 0 Å². The van der Waals surface area contributed by atoms with Gasteiger partial charge in [-0.1, -0.05) is 0 Å². The van der Waals surface area contributed by atoms with Crippen LogP contribution in [0.5, 0.6) is 0 Å². The van der Waals surface area contributed by atoms with Gasteiger partial charge in [-0.05, 0) is 48.0 Å². The SMILES string of the molecule is NNC(=O)c1ccc(F)c(CSc2ccc(F)cc2)c1. The number of hydrazine groups is 1. The molecule has 3 nitrogen and oxygen atoms in total. The number of nitrogens with one attached hydrogen (secondary N) is 1. The van der Waals surface area contributed by atoms with Gasteiger partial charge in [-0.3, -0.25) is 10.2 Å². The molecule has 1 amide bonds. The predicted octanol–water partition coefficient (Wildman–Crippen LogP) is 2.86. The van der Waals surface area contributed by atoms with E-state index in [1.807, 2.05) is 5.43 Å². The Kier molecular flexibility index (Phi) is 4.70. The molecule has 3 N–H and O–H groups in total. The number of hydrogen-bond acceptors (Lipinski definition) is 3. The zero-order valence-electron chi connectivity index (χ0n) is 10.4. The van der Waals surface area contributed by atoms with E-state index in [9.17, 15) is 13.6 Å². The number of amides is 1. The predicted molar refractivity (Wildman–Crippen MR) is 74.0 cm³/mol. The number of thioether (sulfide) groups is 1. The van der Waals surface area contributed by atoms with Crippen LogP contribution in [-0.4, -0.2) is 5.91 Å². The fraction of sp³-hybridized carbons (Fsp3) is 0.0714. The number of nitrogens with two attached hydrogens (primary N) is 1. The minimum atomic E-state index is -0.474. The minimum Gasteiger partial charge on any atom is -0.290 e. The van der Waals surface area contributed by atoms with Gasteiger partial charge in [-0.15, -0.1) is 11.8 Å². The van der Waals surface area contributed by atoms with Gasteiger partial charge in [-0.25, -0.2) is 14.6 Å². The van der Waals surface area contributed by atoms with Crippen LogP contribution >= 0.6 is 11.8 Å². The normalized spacial score (nSPS) is 10.3. The van der Waals surface area contributed by atoms with Crippen molar-refractivity contribution < 1.29 is 13.6 Å². The molecule has 0 fully saturated rings. The van der Waals surface area contributed by atoms with Gasteiger partial charge in [0.1, 0.15) is 11.6 Å². The van der Waals surface area contributed by atoms with E-state index in [1.54, 1.807) is 12.1 Å². The number of hydrogen-bond donors (Lipinski definition) is 2. The summed E-state index contributed by atoms with van der Waals surface area (Å²) in [7, 11) is 0. The van der Waals surface area contributed by atoms with Crippen molar-refractivity contribution in [3.63, 3.8) is 0 Å². The third-order valence-corrected chi connectivity index (χ3v) is 3.71. The van der Waals surface area contributed by atoms with E-state index in [2.05, 4.69) is 0 Å². The van der Waals surface area contributed by atoms with E-state index in [0.717, 1.165) is 4.90 Å². The summed E-state index contributed by atoms with van der Waals surface area (Å²) in [5.74, 6) is 4.19. The summed E-state index contributed by atoms with van der Waals surface area (Å²) in [4.78, 5) is 12.2. The van der Waals surface area contributed by atoms with Gasteiger partial charge in [-0.2, -0.15) is 0 Å². The van der Waals surface area contributed by atoms with Crippen LogP contribution < -0.4 is 11.3 Å². The fourth-order valence-corrected chi connectivity index (χ4v) is 2.47. The molecule has 0 heterocycles. The highest BCUT2D eigenvalue weighted by molar-refractivity contribution is 7.98. The molecule has 0 radical (unpaired) electrons. The first-order valence-corrected chi connectivity index (χ1v) is 6.76. The Morgan fingerprint density at radius 2 is 1.85 bits per heavy atom. The first kappa shape index (κ1) is 14.5. The second-order valence-corrected chi connectivity index (χ2v) is 5.07. The molecular weight excluding hydrogens is 282 g/mol. The van der Waals surface area contributed by atoms with Crippen LogP contribution in [0.4, 0.5) is 8.78 Å². The Balaban J connectivity index is 2.12. The van der Waals surface area contributed by atoms with Crippen LogP contribution in [-0.2, 0) is 5.75 Å². The molecule has 0 saturated carbocycles. The quantitative estimate of drug-likeness (QED) is 0.394. The summed E-state index contributed by atoms with van der Waals surface area (Å²) >= 11 is 1.35. The van der Waals surface area contributed by atoms with E-state index < -0.39 is 11.7 Å². The molecule has 0 bridgehead atoms. The van der Waals surface area contributed by atoms with Crippen LogP contribution in [0.1, 0.15) is 15.9 Å². The Bertz CT molecular complexity index is 617. The summed E-state index contributed by atoms with van der Waals surface area (Å²) in [6.07, 6.45) is 0. The number of rotatable bonds is 4. The largest absolute Gasteiger partial charge is 0.290 e. The molecule has 0 aliphatic heterocycles. The molecule has 0 saturated heterocycles. The maximum atomic E-state index is 13.7. The Hall–Kier alpha value is -1.92. The van der Waals surface area contributed by atoms with Crippen molar-refractivity contribution in [2.45, 2.75) is 10.6 Å². The van der Waals surface area contributed by atoms with Crippen molar-refractivity contribution in [2.24, 2.45) is 5.84 Å². The summed E-state index contributed by atoms with van der Waals surface area (Å²) in [6.45, 7) is 0. The second-order valence-electron chi connectivity index (χ2n) is 4.02. The molecular formula is C14H12F2N2OS. The lowest BCUT2D eigenvalue weighted by atomic mass is 10.1. The number of halogens is 2. The van der Waals surface area contributed by atoms with Crippen LogP contribution in [0.25, 0.3) is 0 Å². The molecule has 0 atom stereocenters. The van der Waals surface area contributed by atoms with Crippen molar-refractivity contribution in [1.82, 2.24) is 5.43 Å². The average molecular weight is 294 g/mol. The molecule has 6 heteroatoms. The molecule has 0 spiro atoms. The Morgan fingerprint density at radius 3 is 2.50 bits per heavy atom. The Labute approximate surface area is 119 Å². The molecule has 0 aromatic heterocycles. The number of nitrogen functional groups attached to an aromatic ring is 1. The summed E-state index contributed by atoms with van der Waals surface area (Å²) in [6, 6.07) is 9.97. The topological polar surface area (TPSA) is 55.1 Å². The lowest BCUT2D eigenvalue weighted by molar-refractivity contribution is 0.0953. The highest BCUT2D eigenvalue weighted by Gasteiger charge is 2.09. The monoisotopic (exact) mass is 294 g/mol. The summed E-state index contributed by atoms with van der Waals surface area (Å²) in [5, 5.41) is 0. The van der Waals surface area contributed by atoms with Gasteiger partial charge in [0.25, 0.3) is 5.91 Å². The Morgan fingerprint density at radius 1 is 1.15 bits per heavy atom. The molecule has 2 aromatic carbocycles. The van der Waals surface area contributed by atoms with E-state index in [1.165, 1.54) is 42.1 Å².